The molecule has 16 fully saturated rings. The van der Waals surface area contributed by atoms with Gasteiger partial charge in [0.15, 0.2) is 12.6 Å². The van der Waals surface area contributed by atoms with Gasteiger partial charge in [0.05, 0.1) is 176 Å². The molecule has 13 aliphatic heterocycles. The lowest BCUT2D eigenvalue weighted by molar-refractivity contribution is -0.151. The van der Waals surface area contributed by atoms with Crippen molar-refractivity contribution in [3.8, 4) is 0 Å². The van der Waals surface area contributed by atoms with E-state index in [1.807, 2.05) is 0 Å². The van der Waals surface area contributed by atoms with Crippen LogP contribution in [0.5, 0.6) is 0 Å². The zero-order valence-corrected chi connectivity index (χ0v) is 60.7. The molecule has 16 rings (SSSR count). The van der Waals surface area contributed by atoms with Gasteiger partial charge in [-0.1, -0.05) is 33.6 Å². The second-order valence-electron chi connectivity index (χ2n) is 30.9. The van der Waals surface area contributed by atoms with Gasteiger partial charge < -0.3 is 118 Å². The van der Waals surface area contributed by atoms with E-state index in [0.29, 0.717) is 125 Å². The van der Waals surface area contributed by atoms with E-state index in [0.717, 1.165) is 248 Å². The van der Waals surface area contributed by atoms with Crippen LogP contribution >= 0.6 is 0 Å². The summed E-state index contributed by atoms with van der Waals surface area (Å²) in [6.45, 7) is 30.9. The molecule has 16 aliphatic rings. The minimum atomic E-state index is -0.132. The van der Waals surface area contributed by atoms with E-state index >= 15 is 0 Å². The van der Waals surface area contributed by atoms with Gasteiger partial charge in [-0.3, -0.25) is 4.79 Å². The van der Waals surface area contributed by atoms with Crippen molar-refractivity contribution in [2.24, 2.45) is 28.6 Å². The van der Waals surface area contributed by atoms with Crippen LogP contribution in [-0.2, 0) is 123 Å². The Morgan fingerprint density at radius 2 is 0.670 bits per heavy atom. The molecule has 0 aromatic heterocycles. The minimum absolute atomic E-state index is 0.0109. The maximum Gasteiger partial charge on any atom is 0.306 e. The molecule has 0 aromatic carbocycles. The van der Waals surface area contributed by atoms with Crippen molar-refractivity contribution in [3.63, 3.8) is 0 Å². The molecule has 0 radical (unpaired) electrons. The topological polar surface area (TPSA) is 291 Å². The van der Waals surface area contributed by atoms with E-state index in [1.54, 1.807) is 0 Å². The highest BCUT2D eigenvalue weighted by atomic mass is 16.8. The molecular formula is C74H126O26. The highest BCUT2D eigenvalue weighted by Crippen LogP contribution is 2.42. The first-order valence-corrected chi connectivity index (χ1v) is 38.7. The molecule has 100 heavy (non-hydrogen) atoms. The van der Waals surface area contributed by atoms with Crippen molar-refractivity contribution in [2.45, 2.75) is 234 Å². The average Bonchev–Trinajstić information content (AvgIpc) is 1.81. The van der Waals surface area contributed by atoms with Gasteiger partial charge in [-0.2, -0.15) is 0 Å². The number of epoxide rings is 13. The van der Waals surface area contributed by atoms with Gasteiger partial charge in [0.25, 0.3) is 0 Å². The van der Waals surface area contributed by atoms with Crippen molar-refractivity contribution < 1.29 is 123 Å². The zero-order chi connectivity index (χ0) is 68.9. The predicted octanol–water partition coefficient (Wildman–Crippen LogP) is 6.79. The SMILES string of the molecule is C(CCCOCC1CO1)CCOCC1CO1.C(CCOCC1CO1)COCC1CO1.C1CC(COCC2CO2)CCC1COCC1CO1.CC(C)(COCC1CO1)COCC1CO1.CCC(COCC1CO1)(COC1CO1)COC1CO1.O=C(CC1CCC2OC2C1)OC1CCC2OC2C1. The monoisotopic (exact) mass is 1430 g/mol. The summed E-state index contributed by atoms with van der Waals surface area (Å²) in [5.41, 5.74) is -0.0590. The highest BCUT2D eigenvalue weighted by molar-refractivity contribution is 5.70. The molecule has 0 spiro atoms. The van der Waals surface area contributed by atoms with Gasteiger partial charge in [0, 0.05) is 63.3 Å². The highest BCUT2D eigenvalue weighted by Gasteiger charge is 2.47. The molecule has 0 aromatic rings. The molecule has 26 nitrogen and oxygen atoms in total. The van der Waals surface area contributed by atoms with Crippen molar-refractivity contribution >= 4 is 5.97 Å². The second kappa shape index (κ2) is 43.5. The third-order valence-corrected chi connectivity index (χ3v) is 19.9. The lowest BCUT2D eigenvalue weighted by Gasteiger charge is -2.31. The van der Waals surface area contributed by atoms with Crippen molar-refractivity contribution in [2.75, 3.05) is 205 Å². The summed E-state index contributed by atoms with van der Waals surface area (Å²) in [4.78, 5) is 11.9. The Hall–Kier alpha value is -1.49. The Balaban J connectivity index is 0.000000121. The number of hydrogen-bond donors (Lipinski definition) is 0. The quantitative estimate of drug-likeness (QED) is 0.0344. The first kappa shape index (κ1) is 79.5. The van der Waals surface area contributed by atoms with Crippen LogP contribution < -0.4 is 0 Å². The summed E-state index contributed by atoms with van der Waals surface area (Å²) in [7, 11) is 0. The molecule has 17 atom stereocenters. The van der Waals surface area contributed by atoms with E-state index in [-0.39, 0.29) is 41.6 Å². The molecular weight excluding hydrogens is 1300 g/mol. The molecule has 17 unspecified atom stereocenters. The zero-order valence-electron chi connectivity index (χ0n) is 60.7. The fourth-order valence-corrected chi connectivity index (χ4v) is 12.0. The number of ether oxygens (including phenoxy) is 25. The number of carbonyl (C=O) groups excluding carboxylic acids is 1. The van der Waals surface area contributed by atoms with Crippen molar-refractivity contribution in [3.05, 3.63) is 0 Å². The number of rotatable bonds is 50. The summed E-state index contributed by atoms with van der Waals surface area (Å²) in [5.74, 6) is 1.98. The molecule has 13 heterocycles. The van der Waals surface area contributed by atoms with Crippen LogP contribution in [0.2, 0.25) is 0 Å². The average molecular weight is 1430 g/mol. The summed E-state index contributed by atoms with van der Waals surface area (Å²) in [6.07, 6.45) is 25.1. The molecule has 13 saturated heterocycles. The molecule has 26 heteroatoms. The van der Waals surface area contributed by atoms with Crippen LogP contribution in [0.1, 0.15) is 136 Å². The Morgan fingerprint density at radius 1 is 0.340 bits per heavy atom. The van der Waals surface area contributed by atoms with E-state index in [1.165, 1.54) is 38.5 Å². The summed E-state index contributed by atoms with van der Waals surface area (Å²) in [6, 6.07) is 0. The van der Waals surface area contributed by atoms with E-state index in [9.17, 15) is 4.79 Å². The normalized spacial score (nSPS) is 35.2. The van der Waals surface area contributed by atoms with Crippen LogP contribution in [0, 0.1) is 28.6 Å². The molecule has 3 saturated carbocycles. The first-order chi connectivity index (χ1) is 49.0. The van der Waals surface area contributed by atoms with Crippen molar-refractivity contribution in [1.82, 2.24) is 0 Å². The van der Waals surface area contributed by atoms with Gasteiger partial charge in [0.1, 0.15) is 74.3 Å². The van der Waals surface area contributed by atoms with Gasteiger partial charge >= 0.3 is 5.97 Å². The van der Waals surface area contributed by atoms with Crippen molar-refractivity contribution in [1.29, 1.82) is 0 Å². The summed E-state index contributed by atoms with van der Waals surface area (Å²) < 4.78 is 134. The summed E-state index contributed by atoms with van der Waals surface area (Å²) >= 11 is 0. The Kier molecular flexibility index (Phi) is 34.6. The summed E-state index contributed by atoms with van der Waals surface area (Å²) in [5, 5.41) is 0. The van der Waals surface area contributed by atoms with Gasteiger partial charge in [0.2, 0.25) is 0 Å². The number of carbonyl (C=O) groups is 1. The first-order valence-electron chi connectivity index (χ1n) is 38.7. The molecule has 0 bridgehead atoms. The fraction of sp³-hybridized carbons (Fsp3) is 0.986. The van der Waals surface area contributed by atoms with Crippen LogP contribution in [0.15, 0.2) is 0 Å². The molecule has 578 valence electrons. The number of unbranched alkanes of at least 4 members (excludes halogenated alkanes) is 4. The van der Waals surface area contributed by atoms with E-state index < -0.39 is 0 Å². The maximum atomic E-state index is 11.9. The van der Waals surface area contributed by atoms with Crippen LogP contribution in [-0.4, -0.2) is 309 Å². The number of fused-ring (bicyclic) bond motifs is 2. The number of hydrogen-bond acceptors (Lipinski definition) is 26. The molecule has 3 aliphatic carbocycles. The number of esters is 1. The Labute approximate surface area is 594 Å². The van der Waals surface area contributed by atoms with E-state index in [2.05, 4.69) is 20.8 Å². The Morgan fingerprint density at radius 3 is 1.02 bits per heavy atom. The smallest absolute Gasteiger partial charge is 0.306 e. The lowest BCUT2D eigenvalue weighted by Crippen LogP contribution is -2.38. The lowest BCUT2D eigenvalue weighted by atomic mass is 9.83. The fourth-order valence-electron chi connectivity index (χ4n) is 12.0. The van der Waals surface area contributed by atoms with E-state index in [4.69, 9.17) is 118 Å². The van der Waals surface area contributed by atoms with Gasteiger partial charge in [-0.25, -0.2) is 0 Å². The van der Waals surface area contributed by atoms with Crippen LogP contribution in [0.25, 0.3) is 0 Å². The molecule has 0 amide bonds. The predicted molar refractivity (Wildman–Crippen MR) is 359 cm³/mol. The Bertz CT molecular complexity index is 2040. The standard InChI is InChI=1S/C14H20O4.C14H24O4.C13H22O6.C12H22O4.C11H20O4.C10H18O4/c15-14(6-8-1-3-10-12(5-8)17-10)16-9-2-4-11-13(7-9)18-11;1-2-12(6-16-8-14-10-18-14)4-3-11(1)5-15-7-13-9-17-13;1-2-13(8-18-11-5-16-11,9-19-12-6-17-12)7-14-3-10-4-15-10;1(3-5-13-7-11-9-15-11)2-4-6-14-8-12-10-16-12;1-11(2,7-12-3-9-5-14-9)8-13-4-10-6-15-10;1(3-11-5-9-7-13-9)2-4-12-6-10-8-14-10/h8-13H,1-7H2;11-14H,1-10H2;10-12H,2-9H2,1H3;11-12H,1-10H2;9-10H,3-8H2,1-2H3;9-10H,1-8H2. The van der Waals surface area contributed by atoms with Gasteiger partial charge in [-0.05, 0) is 108 Å². The van der Waals surface area contributed by atoms with Gasteiger partial charge in [-0.15, -0.1) is 0 Å². The third kappa shape index (κ3) is 38.4. The maximum absolute atomic E-state index is 11.9. The van der Waals surface area contributed by atoms with Crippen LogP contribution in [0.3, 0.4) is 0 Å². The third-order valence-electron chi connectivity index (χ3n) is 19.9. The second-order valence-corrected chi connectivity index (χ2v) is 30.9. The molecule has 0 N–H and O–H groups in total. The van der Waals surface area contributed by atoms with Crippen LogP contribution in [0.4, 0.5) is 0 Å². The minimum Gasteiger partial charge on any atom is -0.462 e. The largest absolute Gasteiger partial charge is 0.462 e.